The van der Waals surface area contributed by atoms with Gasteiger partial charge in [0.2, 0.25) is 11.9 Å². The van der Waals surface area contributed by atoms with Crippen LogP contribution in [0.3, 0.4) is 0 Å². The largest absolute Gasteiger partial charge is 0.464 e. The molecule has 0 atom stereocenters. The van der Waals surface area contributed by atoms with Gasteiger partial charge in [-0.05, 0) is 19.8 Å². The number of nitrogens with one attached hydrogen (secondary N) is 2. The summed E-state index contributed by atoms with van der Waals surface area (Å²) >= 11 is 0. The molecule has 1 heterocycles. The zero-order chi connectivity index (χ0) is 14.6. The average molecular weight is 284 g/mol. The summed E-state index contributed by atoms with van der Waals surface area (Å²) in [5, 5.41) is 3.09. The molecule has 4 N–H and O–H groups in total. The minimum Gasteiger partial charge on any atom is -0.464 e. The lowest BCUT2D eigenvalue weighted by atomic mass is 10.4. The Morgan fingerprint density at radius 2 is 1.80 bits per heavy atom. The van der Waals surface area contributed by atoms with Crippen LogP contribution in [0.2, 0.25) is 0 Å². The van der Waals surface area contributed by atoms with Crippen LogP contribution in [-0.2, 0) is 4.74 Å². The molecule has 0 bridgehead atoms. The molecular formula is C12H24N6O2. The van der Waals surface area contributed by atoms with E-state index in [0.29, 0.717) is 19.1 Å². The fourth-order valence-corrected chi connectivity index (χ4v) is 1.42. The Labute approximate surface area is 119 Å². The number of nitrogen functional groups attached to an aromatic ring is 1. The summed E-state index contributed by atoms with van der Waals surface area (Å²) < 4.78 is 10.7. The van der Waals surface area contributed by atoms with Gasteiger partial charge < -0.3 is 14.8 Å². The number of unbranched alkanes of at least 4 members (excludes halogenated alkanes) is 1. The van der Waals surface area contributed by atoms with Crippen LogP contribution in [0, 0.1) is 0 Å². The van der Waals surface area contributed by atoms with Crippen LogP contribution < -0.4 is 21.3 Å². The van der Waals surface area contributed by atoms with Crippen LogP contribution in [0.4, 0.5) is 11.9 Å². The lowest BCUT2D eigenvalue weighted by Crippen LogP contribution is -2.15. The zero-order valence-corrected chi connectivity index (χ0v) is 12.2. The SMILES string of the molecule is CCCCOCCCNc1nc(NN)nc(OCC)n1. The van der Waals surface area contributed by atoms with Gasteiger partial charge >= 0.3 is 6.01 Å². The summed E-state index contributed by atoms with van der Waals surface area (Å²) in [5.74, 6) is 6.00. The molecule has 0 saturated heterocycles. The molecule has 1 rings (SSSR count). The molecule has 0 amide bonds. The number of hydrogen-bond acceptors (Lipinski definition) is 8. The molecule has 20 heavy (non-hydrogen) atoms. The highest BCUT2D eigenvalue weighted by atomic mass is 16.5. The van der Waals surface area contributed by atoms with Gasteiger partial charge in [-0.3, -0.25) is 5.43 Å². The molecule has 114 valence electrons. The van der Waals surface area contributed by atoms with Crippen molar-refractivity contribution < 1.29 is 9.47 Å². The van der Waals surface area contributed by atoms with E-state index in [1.807, 2.05) is 6.92 Å². The van der Waals surface area contributed by atoms with Crippen molar-refractivity contribution in [1.29, 1.82) is 0 Å². The molecule has 0 fully saturated rings. The van der Waals surface area contributed by atoms with Gasteiger partial charge in [0.1, 0.15) is 0 Å². The topological polar surface area (TPSA) is 107 Å². The van der Waals surface area contributed by atoms with E-state index in [9.17, 15) is 0 Å². The molecule has 0 aliphatic rings. The van der Waals surface area contributed by atoms with Crippen molar-refractivity contribution in [1.82, 2.24) is 15.0 Å². The van der Waals surface area contributed by atoms with Crippen molar-refractivity contribution in [2.45, 2.75) is 33.1 Å². The molecule has 1 aromatic rings. The third-order valence-electron chi connectivity index (χ3n) is 2.41. The van der Waals surface area contributed by atoms with E-state index in [1.54, 1.807) is 0 Å². The van der Waals surface area contributed by atoms with Crippen LogP contribution in [0.5, 0.6) is 6.01 Å². The molecule has 8 heteroatoms. The first-order valence-electron chi connectivity index (χ1n) is 6.97. The molecule has 0 unspecified atom stereocenters. The Bertz CT molecular complexity index is 377. The predicted octanol–water partition coefficient (Wildman–Crippen LogP) is 1.17. The minimum atomic E-state index is 0.247. The van der Waals surface area contributed by atoms with Gasteiger partial charge in [0, 0.05) is 19.8 Å². The molecule has 0 saturated carbocycles. The number of hydrogen-bond donors (Lipinski definition) is 3. The predicted molar refractivity (Wildman–Crippen MR) is 77.6 cm³/mol. The van der Waals surface area contributed by atoms with Crippen molar-refractivity contribution in [2.24, 2.45) is 5.84 Å². The highest BCUT2D eigenvalue weighted by molar-refractivity contribution is 5.34. The normalized spacial score (nSPS) is 10.3. The summed E-state index contributed by atoms with van der Waals surface area (Å²) in [6, 6.07) is 0.247. The number of rotatable bonds is 11. The first-order chi connectivity index (χ1) is 9.80. The second-order valence-electron chi connectivity index (χ2n) is 4.09. The standard InChI is InChI=1S/C12H24N6O2/c1-3-5-8-19-9-6-7-14-10-15-11(18-13)17-12(16-10)20-4-2/h3-9,13H2,1-2H3,(H2,14,15,16,17,18). The first-order valence-corrected chi connectivity index (χ1v) is 6.97. The summed E-state index contributed by atoms with van der Waals surface area (Å²) in [6.45, 7) is 6.74. The number of hydrazine groups is 1. The summed E-state index contributed by atoms with van der Waals surface area (Å²) in [4.78, 5) is 12.2. The Kier molecular flexibility index (Phi) is 8.32. The van der Waals surface area contributed by atoms with Crippen LogP contribution in [-0.4, -0.2) is 41.3 Å². The van der Waals surface area contributed by atoms with E-state index in [2.05, 4.69) is 32.6 Å². The van der Waals surface area contributed by atoms with E-state index >= 15 is 0 Å². The Morgan fingerprint density at radius 1 is 1.05 bits per heavy atom. The maximum absolute atomic E-state index is 5.47. The van der Waals surface area contributed by atoms with Crippen LogP contribution in [0.15, 0.2) is 0 Å². The monoisotopic (exact) mass is 284 g/mol. The molecule has 1 aromatic heterocycles. The lowest BCUT2D eigenvalue weighted by Gasteiger charge is -2.08. The fourth-order valence-electron chi connectivity index (χ4n) is 1.42. The van der Waals surface area contributed by atoms with E-state index in [1.165, 1.54) is 0 Å². The van der Waals surface area contributed by atoms with Gasteiger partial charge in [-0.2, -0.15) is 15.0 Å². The van der Waals surface area contributed by atoms with Gasteiger partial charge in [-0.15, -0.1) is 0 Å². The number of nitrogens with two attached hydrogens (primary N) is 1. The van der Waals surface area contributed by atoms with Gasteiger partial charge in [0.25, 0.3) is 0 Å². The number of ether oxygens (including phenoxy) is 2. The quantitative estimate of drug-likeness (QED) is 0.316. The molecular weight excluding hydrogens is 260 g/mol. The van der Waals surface area contributed by atoms with Gasteiger partial charge in [0.05, 0.1) is 6.61 Å². The minimum absolute atomic E-state index is 0.247. The molecule has 0 spiro atoms. The van der Waals surface area contributed by atoms with E-state index in [0.717, 1.165) is 32.5 Å². The van der Waals surface area contributed by atoms with Crippen molar-refractivity contribution in [3.63, 3.8) is 0 Å². The van der Waals surface area contributed by atoms with Crippen LogP contribution in [0.1, 0.15) is 33.1 Å². The average Bonchev–Trinajstić information content (AvgIpc) is 2.46. The maximum atomic E-state index is 5.47. The summed E-state index contributed by atoms with van der Waals surface area (Å²) in [5.41, 5.74) is 2.38. The molecule has 0 aliphatic carbocycles. The highest BCUT2D eigenvalue weighted by Crippen LogP contribution is 2.10. The lowest BCUT2D eigenvalue weighted by molar-refractivity contribution is 0.131. The van der Waals surface area contributed by atoms with E-state index < -0.39 is 0 Å². The third-order valence-corrected chi connectivity index (χ3v) is 2.41. The third kappa shape index (κ3) is 6.48. The van der Waals surface area contributed by atoms with Crippen LogP contribution in [0.25, 0.3) is 0 Å². The maximum Gasteiger partial charge on any atom is 0.323 e. The Hall–Kier alpha value is -1.67. The highest BCUT2D eigenvalue weighted by Gasteiger charge is 2.05. The number of nitrogens with zero attached hydrogens (tertiary/aromatic N) is 3. The smallest absolute Gasteiger partial charge is 0.323 e. The van der Waals surface area contributed by atoms with Crippen molar-refractivity contribution in [2.75, 3.05) is 37.1 Å². The Morgan fingerprint density at radius 3 is 2.50 bits per heavy atom. The fraction of sp³-hybridized carbons (Fsp3) is 0.750. The molecule has 0 aliphatic heterocycles. The second kappa shape index (κ2) is 10.2. The molecule has 0 aromatic carbocycles. The van der Waals surface area contributed by atoms with Gasteiger partial charge in [-0.1, -0.05) is 13.3 Å². The molecule has 8 nitrogen and oxygen atoms in total. The summed E-state index contributed by atoms with van der Waals surface area (Å²) in [7, 11) is 0. The van der Waals surface area contributed by atoms with Gasteiger partial charge in [-0.25, -0.2) is 5.84 Å². The summed E-state index contributed by atoms with van der Waals surface area (Å²) in [6.07, 6.45) is 3.13. The van der Waals surface area contributed by atoms with E-state index in [-0.39, 0.29) is 12.0 Å². The van der Waals surface area contributed by atoms with Crippen molar-refractivity contribution in [3.8, 4) is 6.01 Å². The number of aromatic nitrogens is 3. The van der Waals surface area contributed by atoms with Crippen molar-refractivity contribution >= 4 is 11.9 Å². The first kappa shape index (κ1) is 16.4. The molecule has 0 radical (unpaired) electrons. The zero-order valence-electron chi connectivity index (χ0n) is 12.2. The van der Waals surface area contributed by atoms with Gasteiger partial charge in [0.15, 0.2) is 0 Å². The number of anilines is 2. The van der Waals surface area contributed by atoms with E-state index in [4.69, 9.17) is 15.3 Å². The van der Waals surface area contributed by atoms with Crippen molar-refractivity contribution in [3.05, 3.63) is 0 Å². The van der Waals surface area contributed by atoms with Crippen LogP contribution >= 0.6 is 0 Å². The second-order valence-corrected chi connectivity index (χ2v) is 4.09. The Balaban J connectivity index is 2.33.